The molecule has 10 nitrogen and oxygen atoms in total. The van der Waals surface area contributed by atoms with Gasteiger partial charge >= 0.3 is 12.1 Å². The molecule has 1 heterocycles. The molecule has 5 N–H and O–H groups in total. The highest BCUT2D eigenvalue weighted by atomic mass is 35.5. The molecule has 1 aliphatic rings. The van der Waals surface area contributed by atoms with Crippen molar-refractivity contribution >= 4 is 36.3 Å². The van der Waals surface area contributed by atoms with Crippen LogP contribution in [0.1, 0.15) is 52.0 Å². The molecule has 2 rings (SSSR count). The first kappa shape index (κ1) is 29.0. The topological polar surface area (TPSA) is 149 Å². The van der Waals surface area contributed by atoms with Crippen LogP contribution in [0.2, 0.25) is 0 Å². The minimum absolute atomic E-state index is 0. The molecule has 2 atom stereocenters. The predicted octanol–water partition coefficient (Wildman–Crippen LogP) is 2.09. The number of hydrogen-bond acceptors (Lipinski definition) is 6. The fourth-order valence-electron chi connectivity index (χ4n) is 3.51. The normalized spacial score (nSPS) is 16.1. The van der Waals surface area contributed by atoms with Gasteiger partial charge in [0.2, 0.25) is 5.91 Å². The van der Waals surface area contributed by atoms with Crippen molar-refractivity contribution in [3.05, 3.63) is 35.9 Å². The van der Waals surface area contributed by atoms with Gasteiger partial charge in [0.05, 0.1) is 0 Å². The minimum Gasteiger partial charge on any atom is -0.459 e. The van der Waals surface area contributed by atoms with E-state index in [4.69, 9.17) is 20.9 Å². The lowest BCUT2D eigenvalue weighted by molar-refractivity contribution is -0.155. The van der Waals surface area contributed by atoms with Crippen LogP contribution in [0.4, 0.5) is 4.79 Å². The van der Waals surface area contributed by atoms with Crippen molar-refractivity contribution in [1.82, 2.24) is 10.2 Å². The van der Waals surface area contributed by atoms with Crippen LogP contribution >= 0.6 is 12.4 Å². The van der Waals surface area contributed by atoms with E-state index in [0.717, 1.165) is 5.56 Å². The molecule has 34 heavy (non-hydrogen) atoms. The summed E-state index contributed by atoms with van der Waals surface area (Å²) in [6.07, 6.45) is 1.22. The number of aliphatic imine (C=N–C) groups is 1. The van der Waals surface area contributed by atoms with Crippen molar-refractivity contribution in [3.63, 3.8) is 0 Å². The van der Waals surface area contributed by atoms with Crippen LogP contribution in [-0.2, 0) is 25.7 Å². The molecule has 1 aromatic rings. The summed E-state index contributed by atoms with van der Waals surface area (Å²) in [6, 6.07) is 7.77. The lowest BCUT2D eigenvalue weighted by Crippen LogP contribution is -2.52. The minimum atomic E-state index is -0.878. The third-order valence-electron chi connectivity index (χ3n) is 4.97. The highest BCUT2D eigenvalue weighted by molar-refractivity contribution is 5.90. The van der Waals surface area contributed by atoms with Crippen molar-refractivity contribution in [3.8, 4) is 0 Å². The van der Waals surface area contributed by atoms with Gasteiger partial charge in [-0.2, -0.15) is 0 Å². The Morgan fingerprint density at radius 1 is 1.21 bits per heavy atom. The van der Waals surface area contributed by atoms with Gasteiger partial charge in [0, 0.05) is 13.1 Å². The second-order valence-electron chi connectivity index (χ2n) is 8.93. The zero-order valence-corrected chi connectivity index (χ0v) is 20.8. The molecule has 1 aromatic carbocycles. The first-order valence-electron chi connectivity index (χ1n) is 11.1. The van der Waals surface area contributed by atoms with Crippen molar-refractivity contribution in [1.29, 1.82) is 0 Å². The van der Waals surface area contributed by atoms with Crippen LogP contribution in [-0.4, -0.2) is 59.6 Å². The van der Waals surface area contributed by atoms with E-state index in [9.17, 15) is 14.4 Å². The molecule has 1 saturated heterocycles. The molecule has 0 radical (unpaired) electrons. The Bertz CT molecular complexity index is 840. The summed E-state index contributed by atoms with van der Waals surface area (Å²) in [5.74, 6) is -0.857. The van der Waals surface area contributed by atoms with E-state index >= 15 is 0 Å². The van der Waals surface area contributed by atoms with Crippen LogP contribution in [0, 0.1) is 0 Å². The molecule has 2 amide bonds. The Balaban J connectivity index is 0.00000578. The second-order valence-corrected chi connectivity index (χ2v) is 8.93. The largest absolute Gasteiger partial charge is 0.459 e. The number of ether oxygens (including phenoxy) is 2. The Kier molecular flexibility index (Phi) is 11.6. The molecule has 0 unspecified atom stereocenters. The van der Waals surface area contributed by atoms with Gasteiger partial charge in [0.1, 0.15) is 24.3 Å². The second kappa shape index (κ2) is 13.6. The average molecular weight is 498 g/mol. The summed E-state index contributed by atoms with van der Waals surface area (Å²) in [5, 5.41) is 2.64. The Hall–Kier alpha value is -3.01. The van der Waals surface area contributed by atoms with Crippen molar-refractivity contribution in [2.24, 2.45) is 16.5 Å². The molecule has 0 saturated carbocycles. The molecule has 0 bridgehead atoms. The molecular formula is C23H36ClN5O5. The molecule has 11 heteroatoms. The summed E-state index contributed by atoms with van der Waals surface area (Å²) in [4.78, 5) is 43.8. The zero-order valence-electron chi connectivity index (χ0n) is 20.0. The fraction of sp³-hybridized carbons (Fsp3) is 0.565. The van der Waals surface area contributed by atoms with Gasteiger partial charge in [-0.3, -0.25) is 9.79 Å². The van der Waals surface area contributed by atoms with E-state index in [-0.39, 0.29) is 37.3 Å². The fourth-order valence-corrected chi connectivity index (χ4v) is 3.51. The molecule has 0 spiro atoms. The number of nitrogens with two attached hydrogens (primary N) is 2. The van der Waals surface area contributed by atoms with Crippen molar-refractivity contribution in [2.75, 3.05) is 13.1 Å². The van der Waals surface area contributed by atoms with Crippen molar-refractivity contribution in [2.45, 2.75) is 70.7 Å². The van der Waals surface area contributed by atoms with Gasteiger partial charge in [-0.25, -0.2) is 9.59 Å². The zero-order chi connectivity index (χ0) is 24.4. The van der Waals surface area contributed by atoms with Gasteiger partial charge in [-0.05, 0) is 52.0 Å². The lowest BCUT2D eigenvalue weighted by atomic mass is 10.1. The SMILES string of the molecule is CC(C)(C)OC(=O)N[C@@H](CCCN=C(N)N)C(=O)N1CCC[C@H]1C(=O)OCc1ccccc1.Cl. The monoisotopic (exact) mass is 497 g/mol. The number of halogens is 1. The maximum absolute atomic E-state index is 13.3. The number of rotatable bonds is 9. The number of nitrogens with zero attached hydrogens (tertiary/aromatic N) is 2. The highest BCUT2D eigenvalue weighted by Gasteiger charge is 2.38. The van der Waals surface area contributed by atoms with Gasteiger partial charge in [0.25, 0.3) is 0 Å². The Morgan fingerprint density at radius 2 is 1.88 bits per heavy atom. The molecule has 0 aliphatic carbocycles. The van der Waals surface area contributed by atoms with Crippen LogP contribution in [0.15, 0.2) is 35.3 Å². The first-order chi connectivity index (χ1) is 15.6. The first-order valence-corrected chi connectivity index (χ1v) is 11.1. The van der Waals surface area contributed by atoms with E-state index in [0.29, 0.717) is 32.4 Å². The molecular weight excluding hydrogens is 462 g/mol. The molecule has 0 aromatic heterocycles. The molecule has 1 fully saturated rings. The van der Waals surface area contributed by atoms with E-state index in [1.165, 1.54) is 4.90 Å². The van der Waals surface area contributed by atoms with E-state index in [1.54, 1.807) is 20.8 Å². The number of benzene rings is 1. The van der Waals surface area contributed by atoms with Gasteiger partial charge in [0.15, 0.2) is 5.96 Å². The number of likely N-dealkylation sites (tertiary alicyclic amines) is 1. The number of nitrogens with one attached hydrogen (secondary N) is 1. The summed E-state index contributed by atoms with van der Waals surface area (Å²) in [5.41, 5.74) is 10.9. The summed E-state index contributed by atoms with van der Waals surface area (Å²) < 4.78 is 10.8. The van der Waals surface area contributed by atoms with Crippen LogP contribution in [0.25, 0.3) is 0 Å². The van der Waals surface area contributed by atoms with E-state index < -0.39 is 29.7 Å². The summed E-state index contributed by atoms with van der Waals surface area (Å²) in [7, 11) is 0. The Morgan fingerprint density at radius 3 is 2.50 bits per heavy atom. The Labute approximate surface area is 206 Å². The predicted molar refractivity (Wildman–Crippen MR) is 131 cm³/mol. The number of alkyl carbamates (subject to hydrolysis) is 1. The summed E-state index contributed by atoms with van der Waals surface area (Å²) in [6.45, 7) is 6.06. The average Bonchev–Trinajstić information content (AvgIpc) is 3.23. The maximum Gasteiger partial charge on any atom is 0.408 e. The highest BCUT2D eigenvalue weighted by Crippen LogP contribution is 2.21. The van der Waals surface area contributed by atoms with E-state index in [1.807, 2.05) is 30.3 Å². The van der Waals surface area contributed by atoms with Crippen LogP contribution < -0.4 is 16.8 Å². The number of amides is 2. The van der Waals surface area contributed by atoms with Crippen LogP contribution in [0.3, 0.4) is 0 Å². The smallest absolute Gasteiger partial charge is 0.408 e. The van der Waals surface area contributed by atoms with E-state index in [2.05, 4.69) is 10.3 Å². The number of guanidine groups is 1. The third-order valence-corrected chi connectivity index (χ3v) is 4.97. The lowest BCUT2D eigenvalue weighted by Gasteiger charge is -2.29. The summed E-state index contributed by atoms with van der Waals surface area (Å²) >= 11 is 0. The van der Waals surface area contributed by atoms with Crippen LogP contribution in [0.5, 0.6) is 0 Å². The maximum atomic E-state index is 13.3. The standard InChI is InChI=1S/C23H35N5O5.ClH/c1-23(2,3)33-22(31)27-17(11-7-13-26-21(24)25)19(29)28-14-8-12-18(28)20(30)32-15-16-9-5-4-6-10-16;/h4-6,9-10,17-18H,7-8,11-15H2,1-3H3,(H,27,31)(H4,24,25,26);1H/t17-,18-;/m0./s1. The molecule has 190 valence electrons. The van der Waals surface area contributed by atoms with Crippen molar-refractivity contribution < 1.29 is 23.9 Å². The quantitative estimate of drug-likeness (QED) is 0.204. The third kappa shape index (κ3) is 9.86. The number of carbonyl (C=O) groups is 3. The van der Waals surface area contributed by atoms with Gasteiger partial charge in [-0.1, -0.05) is 30.3 Å². The number of esters is 1. The van der Waals surface area contributed by atoms with Gasteiger partial charge in [-0.15, -0.1) is 12.4 Å². The number of carbonyl (C=O) groups excluding carboxylic acids is 3. The van der Waals surface area contributed by atoms with Gasteiger partial charge < -0.3 is 31.2 Å². The number of hydrogen-bond donors (Lipinski definition) is 3. The molecule has 1 aliphatic heterocycles.